The van der Waals surface area contributed by atoms with Crippen LogP contribution in [0.3, 0.4) is 0 Å². The van der Waals surface area contributed by atoms with Crippen LogP contribution in [0.2, 0.25) is 0 Å². The van der Waals surface area contributed by atoms with E-state index in [0.29, 0.717) is 52.9 Å². The Morgan fingerprint density at radius 2 is 1.75 bits per heavy atom. The first-order chi connectivity index (χ1) is 32.5. The van der Waals surface area contributed by atoms with E-state index in [1.807, 2.05) is 55.5 Å². The third-order valence-corrected chi connectivity index (χ3v) is 15.1. The minimum absolute atomic E-state index is 0.0128. The summed E-state index contributed by atoms with van der Waals surface area (Å²) in [6.07, 6.45) is 9.56. The molecule has 0 bridgehead atoms. The number of likely N-dealkylation sites (N-methyl/N-ethyl adjacent to an activating group) is 1. The van der Waals surface area contributed by atoms with Crippen LogP contribution in [0.5, 0.6) is 11.5 Å². The second kappa shape index (κ2) is 20.9. The first kappa shape index (κ1) is 47.5. The molecule has 0 spiro atoms. The van der Waals surface area contributed by atoms with Crippen molar-refractivity contribution in [3.05, 3.63) is 154 Å². The Balaban J connectivity index is 1.31. The van der Waals surface area contributed by atoms with E-state index in [1.54, 1.807) is 42.6 Å². The number of nitrogens with zero attached hydrogens (tertiary/aromatic N) is 5. The van der Waals surface area contributed by atoms with Gasteiger partial charge in [-0.15, -0.1) is 6.58 Å². The fourth-order valence-electron chi connectivity index (χ4n) is 10.1. The highest BCUT2D eigenvalue weighted by Crippen LogP contribution is 2.62. The molecule has 8 rings (SSSR count). The standard InChI is InChI=1S/C51H57N5O10S/c1-4-28-64-51-47(55(3)67(61,62)46-18-10-14-36-15-11-25-52-50(36)46)31-44(54-65-32-35-19-21-39(22-20-35)56(59)60)42-29-37(13-5-7-26-57)41(17-6-8-27-58)48(49(42)51)43-30-40(23-24-45(43)66-51)63-33-38-16-9-12-34(2)53-38/h4,9-12,14-16,18-25,29-30,37,41,47-49,57-58H,1,5-8,13,17,26-28,31-33H2,2-3H3. The van der Waals surface area contributed by atoms with Crippen LogP contribution in [0.25, 0.3) is 10.9 Å². The summed E-state index contributed by atoms with van der Waals surface area (Å²) in [6.45, 7) is 6.25. The smallest absolute Gasteiger partial charge is 0.269 e. The number of para-hydroxylation sites is 1. The van der Waals surface area contributed by atoms with E-state index in [-0.39, 0.29) is 67.8 Å². The maximum atomic E-state index is 15.3. The van der Waals surface area contributed by atoms with Crippen molar-refractivity contribution < 1.29 is 42.6 Å². The second-order valence-electron chi connectivity index (χ2n) is 17.4. The number of unbranched alkanes of at least 4 members (excludes halogenated alkanes) is 2. The fraction of sp³-hybridized carbons (Fsp3) is 0.392. The predicted octanol–water partition coefficient (Wildman–Crippen LogP) is 8.58. The molecule has 6 unspecified atom stereocenters. The van der Waals surface area contributed by atoms with Gasteiger partial charge >= 0.3 is 0 Å². The molecule has 2 aromatic heterocycles. The molecule has 3 heterocycles. The Morgan fingerprint density at radius 3 is 2.49 bits per heavy atom. The zero-order valence-electron chi connectivity index (χ0n) is 37.8. The van der Waals surface area contributed by atoms with Gasteiger partial charge in [0.15, 0.2) is 0 Å². The largest absolute Gasteiger partial charge is 0.487 e. The fourth-order valence-corrected chi connectivity index (χ4v) is 11.7. The molecule has 16 heteroatoms. The van der Waals surface area contributed by atoms with Gasteiger partial charge in [-0.25, -0.2) is 8.42 Å². The van der Waals surface area contributed by atoms with Crippen LogP contribution >= 0.6 is 0 Å². The number of pyridine rings is 2. The molecular weight excluding hydrogens is 875 g/mol. The summed E-state index contributed by atoms with van der Waals surface area (Å²) in [4.78, 5) is 26.2. The van der Waals surface area contributed by atoms with E-state index in [1.165, 1.54) is 23.5 Å². The molecule has 0 radical (unpaired) electrons. The molecule has 3 aliphatic rings. The second-order valence-corrected chi connectivity index (χ2v) is 19.3. The molecular formula is C51H57N5O10S. The minimum Gasteiger partial charge on any atom is -0.487 e. The Kier molecular flexibility index (Phi) is 14.8. The molecule has 5 aromatic rings. The number of rotatable bonds is 21. The number of sulfonamides is 1. The van der Waals surface area contributed by atoms with Crippen molar-refractivity contribution in [3.8, 4) is 11.5 Å². The lowest BCUT2D eigenvalue weighted by molar-refractivity contribution is -0.384. The number of nitro benzene ring substituents is 1. The maximum absolute atomic E-state index is 15.3. The molecule has 67 heavy (non-hydrogen) atoms. The summed E-state index contributed by atoms with van der Waals surface area (Å²) in [5.74, 6) is -1.64. The lowest BCUT2D eigenvalue weighted by atomic mass is 9.55. The van der Waals surface area contributed by atoms with Gasteiger partial charge in [-0.1, -0.05) is 54.4 Å². The zero-order valence-corrected chi connectivity index (χ0v) is 38.6. The highest BCUT2D eigenvalue weighted by atomic mass is 32.2. The van der Waals surface area contributed by atoms with Gasteiger partial charge in [0.2, 0.25) is 15.8 Å². The lowest BCUT2D eigenvalue weighted by Crippen LogP contribution is -2.69. The summed E-state index contributed by atoms with van der Waals surface area (Å²) in [7, 11) is -2.81. The van der Waals surface area contributed by atoms with Gasteiger partial charge in [0, 0.05) is 67.6 Å². The number of aliphatic hydroxyl groups excluding tert-OH is 2. The van der Waals surface area contributed by atoms with Crippen molar-refractivity contribution in [2.45, 2.75) is 87.7 Å². The number of aromatic nitrogens is 2. The number of hydrogen-bond acceptors (Lipinski definition) is 13. The van der Waals surface area contributed by atoms with Crippen molar-refractivity contribution in [3.63, 3.8) is 0 Å². The minimum atomic E-state index is -4.34. The Bertz CT molecular complexity index is 2740. The highest BCUT2D eigenvalue weighted by molar-refractivity contribution is 7.89. The van der Waals surface area contributed by atoms with Gasteiger partial charge in [-0.05, 0) is 110 Å². The Morgan fingerprint density at radius 1 is 0.985 bits per heavy atom. The molecule has 1 aliphatic heterocycles. The lowest BCUT2D eigenvalue weighted by Gasteiger charge is -2.59. The molecule has 1 fully saturated rings. The predicted molar refractivity (Wildman–Crippen MR) is 253 cm³/mol. The van der Waals surface area contributed by atoms with E-state index in [0.717, 1.165) is 41.8 Å². The third-order valence-electron chi connectivity index (χ3n) is 13.2. The average Bonchev–Trinajstić information content (AvgIpc) is 3.33. The molecule has 2 aliphatic carbocycles. The van der Waals surface area contributed by atoms with Gasteiger partial charge in [0.1, 0.15) is 29.6 Å². The summed E-state index contributed by atoms with van der Waals surface area (Å²) in [5.41, 5.74) is 4.73. The molecule has 0 saturated heterocycles. The van der Waals surface area contributed by atoms with Gasteiger partial charge in [-0.3, -0.25) is 20.1 Å². The Labute approximate surface area is 391 Å². The normalized spacial score (nSPS) is 22.7. The SMILES string of the molecule is C=CCOC12Oc3ccc(OCc4cccc(C)n4)cc3C3C(CCCCO)C(CCCCO)C=C(C(=NOCc4ccc([N+](=O)[O-])cc4)CC1N(C)S(=O)(=O)c1cccc4cccnc14)C32. The number of aliphatic hydroxyl groups is 2. The van der Waals surface area contributed by atoms with E-state index < -0.39 is 32.7 Å². The Hall–Kier alpha value is -6.04. The molecule has 2 N–H and O–H groups in total. The first-order valence-electron chi connectivity index (χ1n) is 22.8. The number of ether oxygens (including phenoxy) is 3. The van der Waals surface area contributed by atoms with Crippen LogP contribution in [0.4, 0.5) is 5.69 Å². The van der Waals surface area contributed by atoms with Crippen LogP contribution in [-0.4, -0.2) is 82.2 Å². The molecule has 1 saturated carbocycles. The number of benzene rings is 3. The molecule has 15 nitrogen and oxygen atoms in total. The molecule has 0 amide bonds. The van der Waals surface area contributed by atoms with Crippen LogP contribution in [-0.2, 0) is 32.8 Å². The van der Waals surface area contributed by atoms with Crippen molar-refractivity contribution in [2.75, 3.05) is 26.9 Å². The van der Waals surface area contributed by atoms with E-state index in [9.17, 15) is 20.3 Å². The van der Waals surface area contributed by atoms with E-state index in [4.69, 9.17) is 24.2 Å². The number of nitro groups is 1. The van der Waals surface area contributed by atoms with Gasteiger partial charge in [0.05, 0.1) is 40.4 Å². The van der Waals surface area contributed by atoms with Gasteiger partial charge in [0.25, 0.3) is 5.69 Å². The number of fused-ring (bicyclic) bond motifs is 3. The number of aryl methyl sites for hydroxylation is 1. The summed E-state index contributed by atoms with van der Waals surface area (Å²) in [5, 5.41) is 36.8. The first-order valence-corrected chi connectivity index (χ1v) is 24.2. The monoisotopic (exact) mass is 931 g/mol. The average molecular weight is 932 g/mol. The summed E-state index contributed by atoms with van der Waals surface area (Å²) in [6, 6.07) is 25.1. The summed E-state index contributed by atoms with van der Waals surface area (Å²) < 4.78 is 52.6. The number of non-ortho nitro benzene ring substituents is 1. The van der Waals surface area contributed by atoms with Crippen LogP contribution < -0.4 is 9.47 Å². The number of hydrogen-bond donors (Lipinski definition) is 2. The van der Waals surface area contributed by atoms with Crippen LogP contribution in [0.15, 0.2) is 132 Å². The van der Waals surface area contributed by atoms with Crippen molar-refractivity contribution >= 4 is 32.3 Å². The quantitative estimate of drug-likeness (QED) is 0.0308. The van der Waals surface area contributed by atoms with Crippen molar-refractivity contribution in [1.29, 1.82) is 0 Å². The van der Waals surface area contributed by atoms with Gasteiger partial charge < -0.3 is 29.3 Å². The topological polar surface area (TPSA) is 196 Å². The number of oxime groups is 1. The van der Waals surface area contributed by atoms with Crippen molar-refractivity contribution in [1.82, 2.24) is 14.3 Å². The van der Waals surface area contributed by atoms with Crippen LogP contribution in [0.1, 0.15) is 73.4 Å². The van der Waals surface area contributed by atoms with Crippen LogP contribution in [0, 0.1) is 34.8 Å². The molecule has 6 atom stereocenters. The number of allylic oxidation sites excluding steroid dienone is 1. The highest BCUT2D eigenvalue weighted by Gasteiger charge is 2.65. The van der Waals surface area contributed by atoms with Crippen molar-refractivity contribution in [2.24, 2.45) is 22.9 Å². The van der Waals surface area contributed by atoms with E-state index >= 15 is 8.42 Å². The maximum Gasteiger partial charge on any atom is 0.269 e. The molecule has 3 aromatic carbocycles. The van der Waals surface area contributed by atoms with E-state index in [2.05, 4.69) is 22.6 Å². The van der Waals surface area contributed by atoms with Gasteiger partial charge in [-0.2, -0.15) is 4.31 Å². The third kappa shape index (κ3) is 9.86. The molecule has 352 valence electrons. The zero-order chi connectivity index (χ0) is 47.1. The summed E-state index contributed by atoms with van der Waals surface area (Å²) >= 11 is 0.